The molecule has 0 aromatic heterocycles. The molecule has 1 aliphatic rings. The van der Waals surface area contributed by atoms with E-state index in [9.17, 15) is 4.79 Å². The van der Waals surface area contributed by atoms with Gasteiger partial charge in [0.05, 0.1) is 0 Å². The van der Waals surface area contributed by atoms with Crippen LogP contribution in [0.25, 0.3) is 0 Å². The van der Waals surface area contributed by atoms with Crippen LogP contribution in [-0.2, 0) is 4.79 Å². The molecular weight excluding hydrogens is 214 g/mol. The van der Waals surface area contributed by atoms with Crippen LogP contribution in [0.4, 0.5) is 0 Å². The van der Waals surface area contributed by atoms with Crippen molar-refractivity contribution in [3.63, 3.8) is 0 Å². The molecule has 0 bridgehead atoms. The summed E-state index contributed by atoms with van der Waals surface area (Å²) in [5.74, 6) is 0.0964. The highest BCUT2D eigenvalue weighted by Gasteiger charge is 2.39. The predicted molar refractivity (Wildman–Crippen MR) is 70.8 cm³/mol. The van der Waals surface area contributed by atoms with E-state index in [1.54, 1.807) is 0 Å². The average Bonchev–Trinajstić information content (AvgIpc) is 2.15. The van der Waals surface area contributed by atoms with Gasteiger partial charge in [0.15, 0.2) is 0 Å². The standard InChI is InChI=1S/C13H27N3O/c1-4-6-11(14)9-12(17)15-10-13(16(2)3)7-5-8-13/h11H,4-10,14H2,1-3H3,(H,15,17). The average molecular weight is 241 g/mol. The summed E-state index contributed by atoms with van der Waals surface area (Å²) in [5, 5.41) is 3.04. The Kier molecular flexibility index (Phi) is 5.40. The first-order valence-electron chi connectivity index (χ1n) is 6.70. The molecule has 3 N–H and O–H groups in total. The fourth-order valence-corrected chi connectivity index (χ4v) is 2.41. The number of nitrogens with zero attached hydrogens (tertiary/aromatic N) is 1. The Morgan fingerprint density at radius 3 is 2.53 bits per heavy atom. The van der Waals surface area contributed by atoms with Crippen LogP contribution >= 0.6 is 0 Å². The Hall–Kier alpha value is -0.610. The minimum atomic E-state index is 0.0108. The molecule has 1 aliphatic carbocycles. The van der Waals surface area contributed by atoms with Crippen molar-refractivity contribution >= 4 is 5.91 Å². The summed E-state index contributed by atoms with van der Waals surface area (Å²) < 4.78 is 0. The molecule has 100 valence electrons. The number of nitrogens with two attached hydrogens (primary N) is 1. The fourth-order valence-electron chi connectivity index (χ4n) is 2.41. The Bertz CT molecular complexity index is 249. The molecule has 1 saturated carbocycles. The first-order chi connectivity index (χ1) is 8.00. The van der Waals surface area contributed by atoms with Crippen LogP contribution in [0.1, 0.15) is 45.4 Å². The molecule has 0 spiro atoms. The summed E-state index contributed by atoms with van der Waals surface area (Å²) in [6, 6.07) is 0.0108. The molecule has 4 heteroatoms. The van der Waals surface area contributed by atoms with E-state index in [0.29, 0.717) is 6.42 Å². The molecule has 1 rings (SSSR count). The van der Waals surface area contributed by atoms with Crippen molar-refractivity contribution in [3.8, 4) is 0 Å². The maximum atomic E-state index is 11.7. The second-order valence-electron chi connectivity index (χ2n) is 5.50. The largest absolute Gasteiger partial charge is 0.354 e. The van der Waals surface area contributed by atoms with Gasteiger partial charge in [-0.2, -0.15) is 0 Å². The molecule has 0 heterocycles. The lowest BCUT2D eigenvalue weighted by atomic mass is 9.75. The molecule has 1 fully saturated rings. The number of nitrogens with one attached hydrogen (secondary N) is 1. The Morgan fingerprint density at radius 1 is 1.47 bits per heavy atom. The fraction of sp³-hybridized carbons (Fsp3) is 0.923. The third-order valence-corrected chi connectivity index (χ3v) is 3.95. The summed E-state index contributed by atoms with van der Waals surface area (Å²) >= 11 is 0. The molecular formula is C13H27N3O. The van der Waals surface area contributed by atoms with E-state index in [0.717, 1.165) is 19.4 Å². The number of carbonyl (C=O) groups excluding carboxylic acids is 1. The number of amides is 1. The van der Waals surface area contributed by atoms with Crippen molar-refractivity contribution < 1.29 is 4.79 Å². The van der Waals surface area contributed by atoms with E-state index in [1.807, 2.05) is 0 Å². The Balaban J connectivity index is 2.27. The van der Waals surface area contributed by atoms with Gasteiger partial charge in [-0.3, -0.25) is 4.79 Å². The highest BCUT2D eigenvalue weighted by molar-refractivity contribution is 5.76. The molecule has 17 heavy (non-hydrogen) atoms. The van der Waals surface area contributed by atoms with E-state index >= 15 is 0 Å². The van der Waals surface area contributed by atoms with Gasteiger partial charge < -0.3 is 16.0 Å². The smallest absolute Gasteiger partial charge is 0.221 e. The van der Waals surface area contributed by atoms with E-state index < -0.39 is 0 Å². The second kappa shape index (κ2) is 6.36. The zero-order valence-electron chi connectivity index (χ0n) is 11.5. The first-order valence-corrected chi connectivity index (χ1v) is 6.70. The number of hydrogen-bond acceptors (Lipinski definition) is 3. The van der Waals surface area contributed by atoms with Gasteiger partial charge in [-0.1, -0.05) is 13.3 Å². The van der Waals surface area contributed by atoms with Crippen molar-refractivity contribution in [1.82, 2.24) is 10.2 Å². The maximum Gasteiger partial charge on any atom is 0.221 e. The van der Waals surface area contributed by atoms with Gasteiger partial charge in [0.1, 0.15) is 0 Å². The lowest BCUT2D eigenvalue weighted by Gasteiger charge is -2.47. The summed E-state index contributed by atoms with van der Waals surface area (Å²) in [6.07, 6.45) is 6.05. The topological polar surface area (TPSA) is 58.4 Å². The van der Waals surface area contributed by atoms with Gasteiger partial charge in [-0.05, 0) is 39.8 Å². The van der Waals surface area contributed by atoms with Crippen LogP contribution in [0.5, 0.6) is 0 Å². The van der Waals surface area contributed by atoms with Crippen molar-refractivity contribution in [2.75, 3.05) is 20.6 Å². The summed E-state index contributed by atoms with van der Waals surface area (Å²) in [7, 11) is 4.18. The van der Waals surface area contributed by atoms with E-state index in [4.69, 9.17) is 5.73 Å². The third kappa shape index (κ3) is 3.96. The van der Waals surface area contributed by atoms with Crippen LogP contribution in [0.2, 0.25) is 0 Å². The van der Waals surface area contributed by atoms with Gasteiger partial charge in [-0.25, -0.2) is 0 Å². The Morgan fingerprint density at radius 2 is 2.12 bits per heavy atom. The summed E-state index contributed by atoms with van der Waals surface area (Å²) in [5.41, 5.74) is 6.06. The lowest BCUT2D eigenvalue weighted by Crippen LogP contribution is -2.57. The molecule has 4 nitrogen and oxygen atoms in total. The monoisotopic (exact) mass is 241 g/mol. The van der Waals surface area contributed by atoms with Crippen molar-refractivity contribution in [2.24, 2.45) is 5.73 Å². The van der Waals surface area contributed by atoms with Crippen molar-refractivity contribution in [2.45, 2.75) is 57.0 Å². The molecule has 0 aliphatic heterocycles. The number of hydrogen-bond donors (Lipinski definition) is 2. The highest BCUT2D eigenvalue weighted by Crippen LogP contribution is 2.35. The first kappa shape index (κ1) is 14.5. The molecule has 1 unspecified atom stereocenters. The van der Waals surface area contributed by atoms with Crippen LogP contribution in [0.3, 0.4) is 0 Å². The van der Waals surface area contributed by atoms with E-state index in [1.165, 1.54) is 19.3 Å². The molecule has 1 atom stereocenters. The van der Waals surface area contributed by atoms with Crippen LogP contribution in [-0.4, -0.2) is 43.0 Å². The van der Waals surface area contributed by atoms with E-state index in [-0.39, 0.29) is 17.5 Å². The van der Waals surface area contributed by atoms with E-state index in [2.05, 4.69) is 31.2 Å². The van der Waals surface area contributed by atoms with Crippen LogP contribution < -0.4 is 11.1 Å². The number of carbonyl (C=O) groups is 1. The molecule has 0 saturated heterocycles. The lowest BCUT2D eigenvalue weighted by molar-refractivity contribution is -0.122. The van der Waals surface area contributed by atoms with Gasteiger partial charge in [-0.15, -0.1) is 0 Å². The Labute approximate surface area is 105 Å². The molecule has 0 radical (unpaired) electrons. The van der Waals surface area contributed by atoms with Gasteiger partial charge in [0.2, 0.25) is 5.91 Å². The van der Waals surface area contributed by atoms with Crippen molar-refractivity contribution in [1.29, 1.82) is 0 Å². The summed E-state index contributed by atoms with van der Waals surface area (Å²) in [4.78, 5) is 14.0. The molecule has 1 amide bonds. The minimum absolute atomic E-state index is 0.0108. The zero-order valence-corrected chi connectivity index (χ0v) is 11.5. The summed E-state index contributed by atoms with van der Waals surface area (Å²) in [6.45, 7) is 2.85. The van der Waals surface area contributed by atoms with Crippen LogP contribution in [0.15, 0.2) is 0 Å². The molecule has 0 aromatic carbocycles. The number of rotatable bonds is 7. The minimum Gasteiger partial charge on any atom is -0.354 e. The SMILES string of the molecule is CCCC(N)CC(=O)NCC1(N(C)C)CCC1. The second-order valence-corrected chi connectivity index (χ2v) is 5.50. The quantitative estimate of drug-likeness (QED) is 0.702. The normalized spacial score (nSPS) is 19.8. The van der Waals surface area contributed by atoms with Gasteiger partial charge in [0.25, 0.3) is 0 Å². The van der Waals surface area contributed by atoms with Crippen LogP contribution in [0, 0.1) is 0 Å². The number of likely N-dealkylation sites (N-methyl/N-ethyl adjacent to an activating group) is 1. The predicted octanol–water partition coefficient (Wildman–Crippen LogP) is 1.10. The third-order valence-electron chi connectivity index (χ3n) is 3.95. The zero-order chi connectivity index (χ0) is 12.9. The van der Waals surface area contributed by atoms with Crippen molar-refractivity contribution in [3.05, 3.63) is 0 Å². The maximum absolute atomic E-state index is 11.7. The molecule has 0 aromatic rings. The van der Waals surface area contributed by atoms with Gasteiger partial charge in [0, 0.05) is 24.5 Å². The highest BCUT2D eigenvalue weighted by atomic mass is 16.1. The van der Waals surface area contributed by atoms with Gasteiger partial charge >= 0.3 is 0 Å².